The summed E-state index contributed by atoms with van der Waals surface area (Å²) in [5, 5.41) is 10.1. The molecule has 3 atom stereocenters. The van der Waals surface area contributed by atoms with E-state index in [0.717, 1.165) is 13.1 Å². The van der Waals surface area contributed by atoms with Crippen LogP contribution in [-0.2, 0) is 0 Å². The lowest BCUT2D eigenvalue weighted by atomic mass is 9.76. The van der Waals surface area contributed by atoms with Crippen molar-refractivity contribution in [3.63, 3.8) is 0 Å². The van der Waals surface area contributed by atoms with Crippen LogP contribution in [0.5, 0.6) is 0 Å². The van der Waals surface area contributed by atoms with Gasteiger partial charge >= 0.3 is 0 Å². The molecular weight excluding hydrogens is 150 g/mol. The zero-order chi connectivity index (χ0) is 9.35. The van der Waals surface area contributed by atoms with Crippen molar-refractivity contribution in [2.24, 2.45) is 11.8 Å². The van der Waals surface area contributed by atoms with Crippen molar-refractivity contribution in [1.82, 2.24) is 4.90 Å². The van der Waals surface area contributed by atoms with Crippen LogP contribution in [0.25, 0.3) is 0 Å². The van der Waals surface area contributed by atoms with Crippen LogP contribution < -0.4 is 0 Å². The molecule has 0 bridgehead atoms. The van der Waals surface area contributed by atoms with Gasteiger partial charge in [-0.2, -0.15) is 0 Å². The van der Waals surface area contributed by atoms with Crippen LogP contribution in [0.3, 0.4) is 0 Å². The smallest absolute Gasteiger partial charge is 0.132 e. The Balaban J connectivity index is 2.82. The van der Waals surface area contributed by atoms with Crippen LogP contribution >= 0.6 is 0 Å². The lowest BCUT2D eigenvalue weighted by Crippen LogP contribution is -2.54. The molecule has 2 heteroatoms. The van der Waals surface area contributed by atoms with E-state index >= 15 is 0 Å². The molecule has 1 unspecified atom stereocenters. The number of hydrogen-bond donors (Lipinski definition) is 1. The number of hydrogen-bond acceptors (Lipinski definition) is 2. The van der Waals surface area contributed by atoms with E-state index in [0.29, 0.717) is 0 Å². The van der Waals surface area contributed by atoms with Crippen LogP contribution in [0, 0.1) is 24.2 Å². The number of nitrogens with zero attached hydrogens (tertiary/aromatic N) is 1. The fourth-order valence-corrected chi connectivity index (χ4v) is 2.06. The first-order valence-electron chi connectivity index (χ1n) is 4.39. The molecule has 1 fully saturated rings. The first kappa shape index (κ1) is 9.57. The van der Waals surface area contributed by atoms with Crippen molar-refractivity contribution >= 4 is 0 Å². The van der Waals surface area contributed by atoms with Gasteiger partial charge in [0, 0.05) is 24.9 Å². The van der Waals surface area contributed by atoms with Crippen LogP contribution in [0.4, 0.5) is 0 Å². The third-order valence-corrected chi connectivity index (χ3v) is 2.90. The molecule has 0 aliphatic carbocycles. The maximum Gasteiger partial charge on any atom is 0.132 e. The molecule has 1 aliphatic rings. The van der Waals surface area contributed by atoms with Crippen molar-refractivity contribution in [2.45, 2.75) is 19.4 Å². The number of aliphatic hydroxyl groups is 1. The Bertz CT molecular complexity index is 194. The van der Waals surface area contributed by atoms with Crippen LogP contribution in [-0.4, -0.2) is 35.7 Å². The Morgan fingerprint density at radius 1 is 1.42 bits per heavy atom. The molecule has 1 N–H and O–H groups in total. The molecule has 1 heterocycles. The monoisotopic (exact) mass is 167 g/mol. The lowest BCUT2D eigenvalue weighted by molar-refractivity contribution is -0.0552. The highest BCUT2D eigenvalue weighted by Gasteiger charge is 2.41. The largest absolute Gasteiger partial charge is 0.377 e. The lowest BCUT2D eigenvalue weighted by Gasteiger charge is -2.43. The molecule has 0 aromatic carbocycles. The summed E-state index contributed by atoms with van der Waals surface area (Å²) >= 11 is 0. The van der Waals surface area contributed by atoms with Crippen LogP contribution in [0.15, 0.2) is 0 Å². The fraction of sp³-hybridized carbons (Fsp3) is 0.800. The minimum Gasteiger partial charge on any atom is -0.377 e. The second kappa shape index (κ2) is 3.08. The predicted octanol–water partition coefficient (Wildman–Crippen LogP) is 0.568. The van der Waals surface area contributed by atoms with Gasteiger partial charge in [0.05, 0.1) is 0 Å². The van der Waals surface area contributed by atoms with Gasteiger partial charge in [0.15, 0.2) is 0 Å². The van der Waals surface area contributed by atoms with Crippen molar-refractivity contribution in [3.8, 4) is 12.3 Å². The summed E-state index contributed by atoms with van der Waals surface area (Å²) in [7, 11) is 2.06. The Morgan fingerprint density at radius 3 is 2.17 bits per heavy atom. The van der Waals surface area contributed by atoms with E-state index in [2.05, 4.69) is 17.9 Å². The fourth-order valence-electron chi connectivity index (χ4n) is 2.06. The standard InChI is InChI=1S/C10H17NO/c1-5-10(12)8(2)6-11(4)7-9(10)3/h1,8-9,12H,6-7H2,2-4H3/t8-,9+,10?. The van der Waals surface area contributed by atoms with Crippen molar-refractivity contribution < 1.29 is 5.11 Å². The molecule has 1 rings (SSSR count). The number of rotatable bonds is 0. The second-order valence-corrected chi connectivity index (χ2v) is 3.99. The van der Waals surface area contributed by atoms with Gasteiger partial charge in [-0.25, -0.2) is 0 Å². The van der Waals surface area contributed by atoms with E-state index in [1.807, 2.05) is 13.8 Å². The van der Waals surface area contributed by atoms with E-state index in [-0.39, 0.29) is 11.8 Å². The van der Waals surface area contributed by atoms with E-state index in [9.17, 15) is 5.11 Å². The minimum absolute atomic E-state index is 0.163. The molecule has 0 amide bonds. The number of terminal acetylenes is 1. The van der Waals surface area contributed by atoms with Crippen LogP contribution in [0.2, 0.25) is 0 Å². The Labute approximate surface area is 74.6 Å². The van der Waals surface area contributed by atoms with Gasteiger partial charge in [0.25, 0.3) is 0 Å². The van der Waals surface area contributed by atoms with Gasteiger partial charge in [-0.15, -0.1) is 6.42 Å². The first-order valence-corrected chi connectivity index (χ1v) is 4.39. The average molecular weight is 167 g/mol. The molecule has 1 aliphatic heterocycles. The highest BCUT2D eigenvalue weighted by Crippen LogP contribution is 2.31. The Morgan fingerprint density at radius 2 is 1.83 bits per heavy atom. The SMILES string of the molecule is C#CC1(O)[C@H](C)CN(C)C[C@@H]1C. The zero-order valence-electron chi connectivity index (χ0n) is 8.04. The Hall–Kier alpha value is -0.520. The minimum atomic E-state index is -0.896. The van der Waals surface area contributed by atoms with Crippen LogP contribution in [0.1, 0.15) is 13.8 Å². The number of likely N-dealkylation sites (tertiary alicyclic amines) is 1. The number of piperidine rings is 1. The van der Waals surface area contributed by atoms with Crippen molar-refractivity contribution in [1.29, 1.82) is 0 Å². The topological polar surface area (TPSA) is 23.5 Å². The molecule has 0 radical (unpaired) electrons. The maximum absolute atomic E-state index is 10.1. The predicted molar refractivity (Wildman–Crippen MR) is 49.6 cm³/mol. The summed E-state index contributed by atoms with van der Waals surface area (Å²) in [6.45, 7) is 5.77. The first-order chi connectivity index (χ1) is 5.50. The van der Waals surface area contributed by atoms with Gasteiger partial charge in [0.1, 0.15) is 5.60 Å². The normalized spacial score (nSPS) is 43.9. The van der Waals surface area contributed by atoms with E-state index in [1.165, 1.54) is 0 Å². The molecule has 0 aromatic heterocycles. The van der Waals surface area contributed by atoms with Crippen molar-refractivity contribution in [2.75, 3.05) is 20.1 Å². The van der Waals surface area contributed by atoms with Gasteiger partial charge in [-0.1, -0.05) is 19.8 Å². The van der Waals surface area contributed by atoms with E-state index in [4.69, 9.17) is 6.42 Å². The summed E-state index contributed by atoms with van der Waals surface area (Å²) in [4.78, 5) is 2.21. The van der Waals surface area contributed by atoms with E-state index in [1.54, 1.807) is 0 Å². The average Bonchev–Trinajstić information content (AvgIpc) is 2.00. The van der Waals surface area contributed by atoms with Gasteiger partial charge in [0.2, 0.25) is 0 Å². The molecule has 1 saturated heterocycles. The maximum atomic E-state index is 10.1. The van der Waals surface area contributed by atoms with Gasteiger partial charge in [-0.3, -0.25) is 0 Å². The third-order valence-electron chi connectivity index (χ3n) is 2.90. The highest BCUT2D eigenvalue weighted by atomic mass is 16.3. The Kier molecular flexibility index (Phi) is 2.46. The molecule has 0 spiro atoms. The van der Waals surface area contributed by atoms with Gasteiger partial charge in [-0.05, 0) is 7.05 Å². The van der Waals surface area contributed by atoms with E-state index < -0.39 is 5.60 Å². The molecule has 68 valence electrons. The summed E-state index contributed by atoms with van der Waals surface area (Å²) in [5.41, 5.74) is -0.896. The molecule has 0 saturated carbocycles. The molecular formula is C10H17NO. The molecule has 2 nitrogen and oxygen atoms in total. The highest BCUT2D eigenvalue weighted by molar-refractivity contribution is 5.14. The summed E-state index contributed by atoms with van der Waals surface area (Å²) in [6.07, 6.45) is 5.35. The van der Waals surface area contributed by atoms with Crippen molar-refractivity contribution in [3.05, 3.63) is 0 Å². The summed E-state index contributed by atoms with van der Waals surface area (Å²) in [6, 6.07) is 0. The van der Waals surface area contributed by atoms with Gasteiger partial charge < -0.3 is 10.0 Å². The zero-order valence-corrected chi connectivity index (χ0v) is 8.04. The molecule has 0 aromatic rings. The molecule has 12 heavy (non-hydrogen) atoms. The quantitative estimate of drug-likeness (QED) is 0.533. The summed E-state index contributed by atoms with van der Waals surface area (Å²) < 4.78 is 0. The third kappa shape index (κ3) is 1.35. The second-order valence-electron chi connectivity index (χ2n) is 3.99. The summed E-state index contributed by atoms with van der Waals surface area (Å²) in [5.74, 6) is 2.86.